The summed E-state index contributed by atoms with van der Waals surface area (Å²) >= 11 is 0. The van der Waals surface area contributed by atoms with E-state index in [0.29, 0.717) is 0 Å². The summed E-state index contributed by atoms with van der Waals surface area (Å²) in [4.78, 5) is 4.71. The van der Waals surface area contributed by atoms with Crippen molar-refractivity contribution >= 4 is 10.9 Å². The molecule has 3 nitrogen and oxygen atoms in total. The number of nitrogens with two attached hydrogens (primary N) is 1. The van der Waals surface area contributed by atoms with E-state index in [9.17, 15) is 0 Å². The highest BCUT2D eigenvalue weighted by molar-refractivity contribution is 5.78. The molecule has 1 aromatic heterocycles. The molecular weight excluding hydrogens is 248 g/mol. The van der Waals surface area contributed by atoms with Gasteiger partial charge in [-0.05, 0) is 38.3 Å². The first kappa shape index (κ1) is 13.5. The Labute approximate surface area is 120 Å². The molecule has 1 aliphatic heterocycles. The quantitative estimate of drug-likeness (QED) is 0.932. The number of ether oxygens (including phenoxy) is 1. The standard InChI is InChI=1S/C17H22N2O/c1-17(10-4-5-11-20-17)16(18)12-14-9-8-13-6-2-3-7-15(13)19-14/h2-3,6-9,16H,4-5,10-12,18H2,1H3. The minimum absolute atomic E-state index is 0.00328. The SMILES string of the molecule is CC1(C(N)Cc2ccc3ccccc3n2)CCCCO1. The molecule has 2 atom stereocenters. The van der Waals surface area contributed by atoms with Crippen LogP contribution in [-0.4, -0.2) is 23.2 Å². The van der Waals surface area contributed by atoms with Crippen LogP contribution in [0.4, 0.5) is 0 Å². The summed E-state index contributed by atoms with van der Waals surface area (Å²) in [5, 5.41) is 1.17. The molecule has 3 rings (SSSR count). The minimum atomic E-state index is -0.203. The zero-order valence-corrected chi connectivity index (χ0v) is 12.0. The van der Waals surface area contributed by atoms with Crippen LogP contribution in [0.15, 0.2) is 36.4 Å². The van der Waals surface area contributed by atoms with Crippen molar-refractivity contribution in [3.63, 3.8) is 0 Å². The summed E-state index contributed by atoms with van der Waals surface area (Å²) in [6.45, 7) is 2.97. The number of nitrogens with zero attached hydrogens (tertiary/aromatic N) is 1. The van der Waals surface area contributed by atoms with Gasteiger partial charge in [0.25, 0.3) is 0 Å². The molecule has 2 heterocycles. The van der Waals surface area contributed by atoms with Crippen molar-refractivity contribution in [3.05, 3.63) is 42.1 Å². The molecule has 1 aliphatic rings. The maximum absolute atomic E-state index is 6.39. The zero-order valence-electron chi connectivity index (χ0n) is 12.0. The van der Waals surface area contributed by atoms with Crippen molar-refractivity contribution in [1.82, 2.24) is 4.98 Å². The molecule has 2 N–H and O–H groups in total. The van der Waals surface area contributed by atoms with Gasteiger partial charge in [-0.1, -0.05) is 24.3 Å². The van der Waals surface area contributed by atoms with Crippen molar-refractivity contribution in [3.8, 4) is 0 Å². The average Bonchev–Trinajstić information content (AvgIpc) is 2.48. The monoisotopic (exact) mass is 270 g/mol. The molecule has 0 amide bonds. The number of fused-ring (bicyclic) bond motifs is 1. The summed E-state index contributed by atoms with van der Waals surface area (Å²) in [7, 11) is 0. The van der Waals surface area contributed by atoms with Crippen LogP contribution in [0.25, 0.3) is 10.9 Å². The van der Waals surface area contributed by atoms with Gasteiger partial charge in [0, 0.05) is 30.1 Å². The Bertz CT molecular complexity index is 590. The molecule has 1 fully saturated rings. The van der Waals surface area contributed by atoms with E-state index in [0.717, 1.165) is 37.1 Å². The van der Waals surface area contributed by atoms with Crippen LogP contribution in [0.3, 0.4) is 0 Å². The first-order chi connectivity index (χ1) is 9.67. The number of benzene rings is 1. The van der Waals surface area contributed by atoms with Gasteiger partial charge in [-0.2, -0.15) is 0 Å². The first-order valence-electron chi connectivity index (χ1n) is 7.42. The lowest BCUT2D eigenvalue weighted by molar-refractivity contribution is -0.0809. The van der Waals surface area contributed by atoms with Gasteiger partial charge in [0.2, 0.25) is 0 Å². The predicted molar refractivity (Wildman–Crippen MR) is 81.6 cm³/mol. The van der Waals surface area contributed by atoms with E-state index in [-0.39, 0.29) is 11.6 Å². The second-order valence-electron chi connectivity index (χ2n) is 5.92. The van der Waals surface area contributed by atoms with Crippen LogP contribution in [0.1, 0.15) is 31.9 Å². The lowest BCUT2D eigenvalue weighted by Crippen LogP contribution is -2.50. The minimum Gasteiger partial charge on any atom is -0.374 e. The van der Waals surface area contributed by atoms with Crippen molar-refractivity contribution in [2.45, 2.75) is 44.2 Å². The fraction of sp³-hybridized carbons (Fsp3) is 0.471. The van der Waals surface area contributed by atoms with Gasteiger partial charge in [0.15, 0.2) is 0 Å². The second kappa shape index (κ2) is 5.51. The van der Waals surface area contributed by atoms with Crippen LogP contribution >= 0.6 is 0 Å². The summed E-state index contributed by atoms with van der Waals surface area (Å²) in [6, 6.07) is 12.4. The molecule has 0 bridgehead atoms. The van der Waals surface area contributed by atoms with E-state index in [1.807, 2.05) is 18.2 Å². The highest BCUT2D eigenvalue weighted by atomic mass is 16.5. The third kappa shape index (κ3) is 2.69. The molecule has 0 aliphatic carbocycles. The fourth-order valence-corrected chi connectivity index (χ4v) is 2.91. The number of rotatable bonds is 3. The van der Waals surface area contributed by atoms with E-state index < -0.39 is 0 Å². The van der Waals surface area contributed by atoms with Gasteiger partial charge in [0.1, 0.15) is 0 Å². The van der Waals surface area contributed by atoms with Gasteiger partial charge in [-0.3, -0.25) is 4.98 Å². The van der Waals surface area contributed by atoms with Crippen LogP contribution in [0, 0.1) is 0 Å². The Morgan fingerprint density at radius 2 is 2.10 bits per heavy atom. The number of aromatic nitrogens is 1. The molecular formula is C17H22N2O. The maximum atomic E-state index is 6.39. The van der Waals surface area contributed by atoms with Crippen molar-refractivity contribution in [1.29, 1.82) is 0 Å². The normalized spacial score (nSPS) is 24.7. The van der Waals surface area contributed by atoms with E-state index >= 15 is 0 Å². The number of hydrogen-bond acceptors (Lipinski definition) is 3. The van der Waals surface area contributed by atoms with Crippen LogP contribution in [0.2, 0.25) is 0 Å². The molecule has 0 saturated carbocycles. The maximum Gasteiger partial charge on any atom is 0.0808 e. The molecule has 1 aromatic carbocycles. The van der Waals surface area contributed by atoms with E-state index in [1.165, 1.54) is 11.8 Å². The highest BCUT2D eigenvalue weighted by Gasteiger charge is 2.34. The Hall–Kier alpha value is -1.45. The lowest BCUT2D eigenvalue weighted by atomic mass is 9.86. The second-order valence-corrected chi connectivity index (χ2v) is 5.92. The van der Waals surface area contributed by atoms with Gasteiger partial charge in [-0.15, -0.1) is 0 Å². The first-order valence-corrected chi connectivity index (χ1v) is 7.42. The fourth-order valence-electron chi connectivity index (χ4n) is 2.91. The topological polar surface area (TPSA) is 48.1 Å². The van der Waals surface area contributed by atoms with Gasteiger partial charge >= 0.3 is 0 Å². The molecule has 106 valence electrons. The van der Waals surface area contributed by atoms with Crippen molar-refractivity contribution in [2.75, 3.05) is 6.61 Å². The largest absolute Gasteiger partial charge is 0.374 e. The zero-order chi connectivity index (χ0) is 14.0. The Morgan fingerprint density at radius 1 is 1.25 bits per heavy atom. The van der Waals surface area contributed by atoms with E-state index in [4.69, 9.17) is 15.5 Å². The van der Waals surface area contributed by atoms with Crippen LogP contribution in [-0.2, 0) is 11.2 Å². The number of para-hydroxylation sites is 1. The van der Waals surface area contributed by atoms with Crippen LogP contribution < -0.4 is 5.73 Å². The summed E-state index contributed by atoms with van der Waals surface area (Å²) < 4.78 is 5.93. The summed E-state index contributed by atoms with van der Waals surface area (Å²) in [6.07, 6.45) is 4.16. The summed E-state index contributed by atoms with van der Waals surface area (Å²) in [5.74, 6) is 0. The Kier molecular flexibility index (Phi) is 3.72. The van der Waals surface area contributed by atoms with Crippen molar-refractivity contribution < 1.29 is 4.74 Å². The summed E-state index contributed by atoms with van der Waals surface area (Å²) in [5.41, 5.74) is 8.27. The van der Waals surface area contributed by atoms with Gasteiger partial charge in [0.05, 0.1) is 11.1 Å². The molecule has 3 heteroatoms. The third-order valence-corrected chi connectivity index (χ3v) is 4.37. The number of hydrogen-bond donors (Lipinski definition) is 1. The van der Waals surface area contributed by atoms with E-state index in [1.54, 1.807) is 0 Å². The lowest BCUT2D eigenvalue weighted by Gasteiger charge is -2.38. The third-order valence-electron chi connectivity index (χ3n) is 4.37. The Morgan fingerprint density at radius 3 is 2.90 bits per heavy atom. The molecule has 1 saturated heterocycles. The smallest absolute Gasteiger partial charge is 0.0808 e. The molecule has 20 heavy (non-hydrogen) atoms. The number of pyridine rings is 1. The highest BCUT2D eigenvalue weighted by Crippen LogP contribution is 2.28. The van der Waals surface area contributed by atoms with Gasteiger partial charge in [-0.25, -0.2) is 0 Å². The van der Waals surface area contributed by atoms with Crippen molar-refractivity contribution in [2.24, 2.45) is 5.73 Å². The molecule has 2 unspecified atom stereocenters. The molecule has 0 spiro atoms. The van der Waals surface area contributed by atoms with E-state index in [2.05, 4.69) is 25.1 Å². The average molecular weight is 270 g/mol. The molecule has 0 radical (unpaired) electrons. The predicted octanol–water partition coefficient (Wildman–Crippen LogP) is 3.06. The molecule has 2 aromatic rings. The van der Waals surface area contributed by atoms with Crippen LogP contribution in [0.5, 0.6) is 0 Å². The van der Waals surface area contributed by atoms with Gasteiger partial charge < -0.3 is 10.5 Å². The Balaban J connectivity index is 1.78.